The Morgan fingerprint density at radius 1 is 0.837 bits per heavy atom. The summed E-state index contributed by atoms with van der Waals surface area (Å²) in [4.78, 5) is 40.4. The molecule has 6 aliphatic rings. The third-order valence-electron chi connectivity index (χ3n) is 16.4. The molecular weight excluding hydrogens is 616 g/mol. The zero-order valence-electron chi connectivity index (χ0n) is 32.0. The third kappa shape index (κ3) is 6.61. The number of esters is 1. The van der Waals surface area contributed by atoms with Gasteiger partial charge in [0.05, 0.1) is 26.1 Å². The molecule has 2 unspecified atom stereocenters. The Morgan fingerprint density at radius 2 is 1.57 bits per heavy atom. The average Bonchev–Trinajstić information content (AvgIpc) is 3.42. The molecule has 1 amide bonds. The molecule has 0 radical (unpaired) electrons. The van der Waals surface area contributed by atoms with Gasteiger partial charge in [-0.3, -0.25) is 19.3 Å². The van der Waals surface area contributed by atoms with Gasteiger partial charge in [0.1, 0.15) is 6.10 Å². The molecule has 1 aliphatic heterocycles. The second-order valence-corrected chi connectivity index (χ2v) is 19.8. The molecular formula is C41H68N2O6. The Kier molecular flexibility index (Phi) is 10.1. The Labute approximate surface area is 296 Å². The molecule has 1 saturated heterocycles. The predicted molar refractivity (Wildman–Crippen MR) is 191 cm³/mol. The summed E-state index contributed by atoms with van der Waals surface area (Å²) in [6.07, 6.45) is 13.7. The lowest BCUT2D eigenvalue weighted by Gasteiger charge is -2.72. The van der Waals surface area contributed by atoms with Gasteiger partial charge < -0.3 is 19.9 Å². The molecule has 0 aromatic carbocycles. The molecule has 6 rings (SSSR count). The maximum Gasteiger partial charge on any atom is 0.306 e. The van der Waals surface area contributed by atoms with Crippen molar-refractivity contribution >= 4 is 17.8 Å². The molecule has 0 aromatic rings. The molecule has 278 valence electrons. The van der Waals surface area contributed by atoms with Crippen LogP contribution >= 0.6 is 0 Å². The number of carbonyl (C=O) groups excluding carboxylic acids is 2. The largest absolute Gasteiger partial charge is 0.481 e. The number of carboxylic acids is 1. The summed E-state index contributed by atoms with van der Waals surface area (Å²) in [6.45, 7) is 21.4. The minimum absolute atomic E-state index is 0.0403. The van der Waals surface area contributed by atoms with Gasteiger partial charge in [0, 0.05) is 38.0 Å². The number of hydrogen-bond acceptors (Lipinski definition) is 6. The van der Waals surface area contributed by atoms with Crippen molar-refractivity contribution in [2.75, 3.05) is 39.4 Å². The lowest BCUT2D eigenvalue weighted by Crippen LogP contribution is -2.66. The van der Waals surface area contributed by atoms with Crippen LogP contribution < -0.4 is 5.32 Å². The van der Waals surface area contributed by atoms with Crippen LogP contribution in [-0.4, -0.2) is 73.3 Å². The fourth-order valence-corrected chi connectivity index (χ4v) is 13.8. The van der Waals surface area contributed by atoms with Crippen molar-refractivity contribution in [1.82, 2.24) is 10.2 Å². The molecule has 0 bridgehead atoms. The van der Waals surface area contributed by atoms with E-state index < -0.39 is 11.4 Å². The predicted octanol–water partition coefficient (Wildman–Crippen LogP) is 7.48. The molecule has 9 atom stereocenters. The Balaban J connectivity index is 1.13. The highest BCUT2D eigenvalue weighted by Gasteiger charge is 2.70. The van der Waals surface area contributed by atoms with Gasteiger partial charge in [-0.2, -0.15) is 0 Å². The average molecular weight is 685 g/mol. The Morgan fingerprint density at radius 3 is 2.29 bits per heavy atom. The second-order valence-electron chi connectivity index (χ2n) is 19.8. The van der Waals surface area contributed by atoms with Crippen LogP contribution in [0, 0.1) is 56.2 Å². The van der Waals surface area contributed by atoms with E-state index in [1.165, 1.54) is 57.8 Å². The fraction of sp³-hybridized carbons (Fsp3) is 0.927. The highest BCUT2D eigenvalue weighted by Crippen LogP contribution is 2.77. The Bertz CT molecular complexity index is 1260. The first-order valence-electron chi connectivity index (χ1n) is 19.9. The van der Waals surface area contributed by atoms with E-state index in [9.17, 15) is 19.5 Å². The van der Waals surface area contributed by atoms with Gasteiger partial charge in [0.15, 0.2) is 0 Å². The van der Waals surface area contributed by atoms with E-state index in [0.29, 0.717) is 30.1 Å². The van der Waals surface area contributed by atoms with Gasteiger partial charge in [-0.05, 0) is 115 Å². The second kappa shape index (κ2) is 13.4. The molecule has 49 heavy (non-hydrogen) atoms. The zero-order chi connectivity index (χ0) is 35.5. The van der Waals surface area contributed by atoms with Gasteiger partial charge in [-0.1, -0.05) is 54.9 Å². The summed E-state index contributed by atoms with van der Waals surface area (Å²) in [6, 6.07) is 0. The minimum atomic E-state index is -0.877. The first-order valence-corrected chi connectivity index (χ1v) is 19.9. The van der Waals surface area contributed by atoms with Gasteiger partial charge in [0.2, 0.25) is 5.91 Å². The summed E-state index contributed by atoms with van der Waals surface area (Å²) in [5.41, 5.74) is 0.137. The molecule has 6 fully saturated rings. The van der Waals surface area contributed by atoms with Crippen LogP contribution in [0.15, 0.2) is 0 Å². The van der Waals surface area contributed by atoms with E-state index in [0.717, 1.165) is 52.2 Å². The van der Waals surface area contributed by atoms with E-state index in [1.54, 1.807) is 0 Å². The SMILES string of the molecule is CC(C)(CC(=O)O)CC(=O)O[C@H]1CC[C@@]2(C)C(CC[C@]3(C)C2CC[C@@H]2[C@H]4CCC[C@]4(CC(=O)NCCN4CCOCC4)CC[C@]23C)C1(C)C. The normalized spacial score (nSPS) is 41.8. The summed E-state index contributed by atoms with van der Waals surface area (Å²) in [5.74, 6) is 1.59. The molecule has 1 heterocycles. The van der Waals surface area contributed by atoms with Crippen LogP contribution in [0.1, 0.15) is 138 Å². The number of ether oxygens (including phenoxy) is 2. The molecule has 0 spiro atoms. The topological polar surface area (TPSA) is 105 Å². The first-order chi connectivity index (χ1) is 23.0. The van der Waals surface area contributed by atoms with E-state index in [-0.39, 0.29) is 57.9 Å². The van der Waals surface area contributed by atoms with Crippen molar-refractivity contribution in [1.29, 1.82) is 0 Å². The highest BCUT2D eigenvalue weighted by atomic mass is 16.5. The molecule has 0 aromatic heterocycles. The standard InChI is InChI=1S/C41H68N2O6/c1-36(2,26-34(45)46)27-35(47)49-32-13-15-38(5)30(37(32,3)4)12-16-40(7)31(38)11-10-28-29-9-8-14-41(29,18-17-39(28,40)6)25-33(44)42-19-20-43-21-23-48-24-22-43/h28-32H,8-27H2,1-7H3,(H,42,44)(H,45,46)/t28-,29-,30?,31?,32+,38+,39-,40-,41-/m1/s1. The number of nitrogens with one attached hydrogen (secondary N) is 1. The number of nitrogens with zero attached hydrogens (tertiary/aromatic N) is 1. The number of aliphatic carboxylic acids is 1. The lowest BCUT2D eigenvalue weighted by molar-refractivity contribution is -0.248. The number of carbonyl (C=O) groups is 3. The number of fused-ring (bicyclic) bond motifs is 7. The van der Waals surface area contributed by atoms with Gasteiger partial charge in [-0.15, -0.1) is 0 Å². The maximum atomic E-state index is 13.5. The van der Waals surface area contributed by atoms with Crippen LogP contribution in [-0.2, 0) is 23.9 Å². The molecule has 5 saturated carbocycles. The number of morpholine rings is 1. The maximum absolute atomic E-state index is 13.5. The first kappa shape index (κ1) is 37.1. The smallest absolute Gasteiger partial charge is 0.306 e. The van der Waals surface area contributed by atoms with Crippen molar-refractivity contribution in [3.63, 3.8) is 0 Å². The van der Waals surface area contributed by atoms with Gasteiger partial charge in [-0.25, -0.2) is 0 Å². The summed E-state index contributed by atoms with van der Waals surface area (Å²) < 4.78 is 11.7. The summed E-state index contributed by atoms with van der Waals surface area (Å²) in [5, 5.41) is 12.6. The third-order valence-corrected chi connectivity index (χ3v) is 16.4. The Hall–Kier alpha value is -1.67. The molecule has 8 heteroatoms. The number of hydrogen-bond donors (Lipinski definition) is 2. The van der Waals surface area contributed by atoms with Crippen molar-refractivity contribution < 1.29 is 29.0 Å². The summed E-state index contributed by atoms with van der Waals surface area (Å²) >= 11 is 0. The highest BCUT2D eigenvalue weighted by molar-refractivity contribution is 5.77. The van der Waals surface area contributed by atoms with E-state index in [2.05, 4.69) is 44.8 Å². The van der Waals surface area contributed by atoms with Crippen LogP contribution in [0.25, 0.3) is 0 Å². The van der Waals surface area contributed by atoms with Gasteiger partial charge in [0.25, 0.3) is 0 Å². The minimum Gasteiger partial charge on any atom is -0.481 e. The quantitative estimate of drug-likeness (QED) is 0.230. The molecule has 8 nitrogen and oxygen atoms in total. The van der Waals surface area contributed by atoms with E-state index in [4.69, 9.17) is 9.47 Å². The van der Waals surface area contributed by atoms with Crippen LogP contribution in [0.4, 0.5) is 0 Å². The molecule has 5 aliphatic carbocycles. The van der Waals surface area contributed by atoms with E-state index >= 15 is 0 Å². The molecule has 2 N–H and O–H groups in total. The van der Waals surface area contributed by atoms with Crippen LogP contribution in [0.3, 0.4) is 0 Å². The number of amides is 1. The van der Waals surface area contributed by atoms with Crippen molar-refractivity contribution in [2.24, 2.45) is 56.2 Å². The monoisotopic (exact) mass is 685 g/mol. The zero-order valence-corrected chi connectivity index (χ0v) is 32.0. The summed E-state index contributed by atoms with van der Waals surface area (Å²) in [7, 11) is 0. The van der Waals surface area contributed by atoms with Gasteiger partial charge >= 0.3 is 11.9 Å². The van der Waals surface area contributed by atoms with Crippen molar-refractivity contribution in [2.45, 2.75) is 144 Å². The lowest BCUT2D eigenvalue weighted by atomic mass is 9.32. The van der Waals surface area contributed by atoms with Crippen LogP contribution in [0.5, 0.6) is 0 Å². The van der Waals surface area contributed by atoms with Crippen molar-refractivity contribution in [3.8, 4) is 0 Å². The fourth-order valence-electron chi connectivity index (χ4n) is 13.8. The van der Waals surface area contributed by atoms with E-state index in [1.807, 2.05) is 13.8 Å². The van der Waals surface area contributed by atoms with Crippen LogP contribution in [0.2, 0.25) is 0 Å². The number of rotatable bonds is 10. The van der Waals surface area contributed by atoms with Crippen molar-refractivity contribution in [3.05, 3.63) is 0 Å². The number of carboxylic acid groups (broad SMARTS) is 1.